The zero-order chi connectivity index (χ0) is 19.9. The summed E-state index contributed by atoms with van der Waals surface area (Å²) in [6, 6.07) is 20.4. The molecule has 0 aromatic heterocycles. The van der Waals surface area contributed by atoms with Crippen molar-refractivity contribution >= 4 is 51.3 Å². The lowest BCUT2D eigenvalue weighted by molar-refractivity contribution is -0.121. The first-order valence-corrected chi connectivity index (χ1v) is 9.01. The average molecular weight is 393 g/mol. The van der Waals surface area contributed by atoms with Crippen LogP contribution < -0.4 is 20.7 Å². The van der Waals surface area contributed by atoms with Crippen LogP contribution in [0.25, 0.3) is 10.8 Å². The number of nitrogens with one attached hydrogen (secondary N) is 3. The van der Waals surface area contributed by atoms with Crippen LogP contribution in [0.3, 0.4) is 0 Å². The fraction of sp³-hybridized carbons (Fsp3) is 0.0952. The number of rotatable bonds is 5. The minimum atomic E-state index is -0.361. The van der Waals surface area contributed by atoms with Crippen LogP contribution in [-0.2, 0) is 9.59 Å². The summed E-state index contributed by atoms with van der Waals surface area (Å²) in [5, 5.41) is 10.3. The van der Waals surface area contributed by atoms with Gasteiger partial charge in [0, 0.05) is 23.7 Å². The van der Waals surface area contributed by atoms with Crippen LogP contribution in [0.1, 0.15) is 6.92 Å². The van der Waals surface area contributed by atoms with E-state index >= 15 is 0 Å². The second-order valence-electron chi connectivity index (χ2n) is 6.03. The number of ether oxygens (including phenoxy) is 1. The molecule has 0 aliphatic carbocycles. The van der Waals surface area contributed by atoms with E-state index in [-0.39, 0.29) is 23.5 Å². The van der Waals surface area contributed by atoms with E-state index in [9.17, 15) is 9.59 Å². The summed E-state index contributed by atoms with van der Waals surface area (Å²) in [6.45, 7) is 1.29. The van der Waals surface area contributed by atoms with Gasteiger partial charge < -0.3 is 15.4 Å². The summed E-state index contributed by atoms with van der Waals surface area (Å²) >= 11 is 5.15. The molecule has 0 saturated carbocycles. The van der Waals surface area contributed by atoms with Gasteiger partial charge in [0.1, 0.15) is 5.75 Å². The minimum Gasteiger partial charge on any atom is -0.483 e. The lowest BCUT2D eigenvalue weighted by Crippen LogP contribution is -2.37. The molecule has 0 radical (unpaired) electrons. The number of fused-ring (bicyclic) bond motifs is 1. The molecule has 28 heavy (non-hydrogen) atoms. The Morgan fingerprint density at radius 3 is 2.25 bits per heavy atom. The lowest BCUT2D eigenvalue weighted by Gasteiger charge is -2.12. The SMILES string of the molecule is CC(=O)Nc1ccc(NC(=S)NC(=O)COc2cccc3ccccc23)cc1. The van der Waals surface area contributed by atoms with Gasteiger partial charge in [0.2, 0.25) is 5.91 Å². The number of anilines is 2. The number of thiocarbonyl (C=S) groups is 1. The largest absolute Gasteiger partial charge is 0.483 e. The first-order chi connectivity index (χ1) is 13.5. The molecule has 6 nitrogen and oxygen atoms in total. The van der Waals surface area contributed by atoms with Crippen LogP contribution in [0.5, 0.6) is 5.75 Å². The van der Waals surface area contributed by atoms with Crippen molar-refractivity contribution in [3.05, 3.63) is 66.7 Å². The second-order valence-corrected chi connectivity index (χ2v) is 6.44. The van der Waals surface area contributed by atoms with Gasteiger partial charge in [0.05, 0.1) is 0 Å². The summed E-state index contributed by atoms with van der Waals surface area (Å²) in [6.07, 6.45) is 0. The van der Waals surface area contributed by atoms with E-state index in [1.807, 2.05) is 42.5 Å². The molecule has 0 unspecified atom stereocenters. The summed E-state index contributed by atoms with van der Waals surface area (Å²) < 4.78 is 5.65. The predicted octanol–water partition coefficient (Wildman–Crippen LogP) is 3.69. The van der Waals surface area contributed by atoms with Crippen LogP contribution in [0, 0.1) is 0 Å². The van der Waals surface area contributed by atoms with Crippen LogP contribution in [0.4, 0.5) is 11.4 Å². The predicted molar refractivity (Wildman–Crippen MR) is 115 cm³/mol. The molecule has 3 aromatic carbocycles. The standard InChI is InChI=1S/C21H19N3O3S/c1-14(25)22-16-9-11-17(12-10-16)23-21(28)24-20(26)13-27-19-8-4-6-15-5-2-3-7-18(15)19/h2-12H,13H2,1H3,(H,22,25)(H2,23,24,26,28). The van der Waals surface area contributed by atoms with Crippen molar-refractivity contribution in [3.8, 4) is 5.75 Å². The first kappa shape index (κ1) is 19.3. The molecular formula is C21H19N3O3S. The van der Waals surface area contributed by atoms with Gasteiger partial charge in [-0.3, -0.25) is 14.9 Å². The maximum atomic E-state index is 12.1. The molecule has 0 atom stereocenters. The van der Waals surface area contributed by atoms with E-state index < -0.39 is 0 Å². The molecule has 7 heteroatoms. The molecule has 3 aromatic rings. The van der Waals surface area contributed by atoms with Crippen molar-refractivity contribution in [2.45, 2.75) is 6.92 Å². The topological polar surface area (TPSA) is 79.5 Å². The highest BCUT2D eigenvalue weighted by molar-refractivity contribution is 7.80. The Morgan fingerprint density at radius 2 is 1.54 bits per heavy atom. The normalized spacial score (nSPS) is 10.2. The van der Waals surface area contributed by atoms with E-state index in [0.29, 0.717) is 17.1 Å². The van der Waals surface area contributed by atoms with Crippen molar-refractivity contribution in [1.29, 1.82) is 0 Å². The molecule has 142 valence electrons. The van der Waals surface area contributed by atoms with Gasteiger partial charge in [-0.25, -0.2) is 0 Å². The van der Waals surface area contributed by atoms with Crippen LogP contribution >= 0.6 is 12.2 Å². The number of hydrogen-bond donors (Lipinski definition) is 3. The van der Waals surface area contributed by atoms with Crippen molar-refractivity contribution < 1.29 is 14.3 Å². The molecule has 0 fully saturated rings. The number of carbonyl (C=O) groups is 2. The average Bonchev–Trinajstić information content (AvgIpc) is 2.67. The van der Waals surface area contributed by atoms with Crippen LogP contribution in [0.15, 0.2) is 66.7 Å². The van der Waals surface area contributed by atoms with Gasteiger partial charge in [0.15, 0.2) is 11.7 Å². The number of amides is 2. The Hall–Kier alpha value is -3.45. The fourth-order valence-electron chi connectivity index (χ4n) is 2.63. The fourth-order valence-corrected chi connectivity index (χ4v) is 2.86. The van der Waals surface area contributed by atoms with Crippen molar-refractivity contribution in [2.24, 2.45) is 0 Å². The first-order valence-electron chi connectivity index (χ1n) is 8.60. The van der Waals surface area contributed by atoms with Gasteiger partial charge >= 0.3 is 0 Å². The number of benzene rings is 3. The highest BCUT2D eigenvalue weighted by atomic mass is 32.1. The maximum Gasteiger partial charge on any atom is 0.264 e. The van der Waals surface area contributed by atoms with E-state index in [4.69, 9.17) is 17.0 Å². The Kier molecular flexibility index (Phi) is 6.18. The third-order valence-corrected chi connectivity index (χ3v) is 4.03. The summed E-state index contributed by atoms with van der Waals surface area (Å²) in [4.78, 5) is 23.1. The number of hydrogen-bond acceptors (Lipinski definition) is 4. The molecule has 0 bridgehead atoms. The summed E-state index contributed by atoms with van der Waals surface area (Å²) in [5.41, 5.74) is 1.37. The van der Waals surface area contributed by atoms with Gasteiger partial charge in [-0.05, 0) is 47.9 Å². The van der Waals surface area contributed by atoms with Crippen molar-refractivity contribution in [1.82, 2.24) is 5.32 Å². The van der Waals surface area contributed by atoms with Gasteiger partial charge in [-0.2, -0.15) is 0 Å². The minimum absolute atomic E-state index is 0.144. The lowest BCUT2D eigenvalue weighted by atomic mass is 10.1. The van der Waals surface area contributed by atoms with Crippen molar-refractivity contribution in [3.63, 3.8) is 0 Å². The number of carbonyl (C=O) groups excluding carboxylic acids is 2. The molecule has 0 spiro atoms. The molecule has 0 aliphatic rings. The van der Waals surface area contributed by atoms with Gasteiger partial charge in [0.25, 0.3) is 5.91 Å². The van der Waals surface area contributed by atoms with Crippen LogP contribution in [-0.4, -0.2) is 23.5 Å². The molecular weight excluding hydrogens is 374 g/mol. The highest BCUT2D eigenvalue weighted by Crippen LogP contribution is 2.24. The van der Waals surface area contributed by atoms with Crippen LogP contribution in [0.2, 0.25) is 0 Å². The molecule has 0 heterocycles. The zero-order valence-corrected chi connectivity index (χ0v) is 16.0. The maximum absolute atomic E-state index is 12.1. The Labute approximate surface area is 167 Å². The third kappa shape index (κ3) is 5.28. The van der Waals surface area contributed by atoms with Gasteiger partial charge in [-0.1, -0.05) is 36.4 Å². The summed E-state index contributed by atoms with van der Waals surface area (Å²) in [7, 11) is 0. The molecule has 0 saturated heterocycles. The Balaban J connectivity index is 1.51. The zero-order valence-electron chi connectivity index (χ0n) is 15.2. The Bertz CT molecular complexity index is 1010. The third-order valence-electron chi connectivity index (χ3n) is 3.82. The molecule has 2 amide bonds. The van der Waals surface area contributed by atoms with E-state index in [1.54, 1.807) is 24.3 Å². The van der Waals surface area contributed by atoms with Crippen molar-refractivity contribution in [2.75, 3.05) is 17.2 Å². The van der Waals surface area contributed by atoms with E-state index in [0.717, 1.165) is 10.8 Å². The molecule has 3 rings (SSSR count). The van der Waals surface area contributed by atoms with E-state index in [2.05, 4.69) is 16.0 Å². The Morgan fingerprint density at radius 1 is 0.893 bits per heavy atom. The second kappa shape index (κ2) is 8.96. The molecule has 3 N–H and O–H groups in total. The van der Waals surface area contributed by atoms with Gasteiger partial charge in [-0.15, -0.1) is 0 Å². The monoisotopic (exact) mass is 393 g/mol. The smallest absolute Gasteiger partial charge is 0.264 e. The quantitative estimate of drug-likeness (QED) is 0.576. The van der Waals surface area contributed by atoms with E-state index in [1.165, 1.54) is 6.92 Å². The molecule has 0 aliphatic heterocycles. The highest BCUT2D eigenvalue weighted by Gasteiger charge is 2.08. The summed E-state index contributed by atoms with van der Waals surface area (Å²) in [5.74, 6) is 0.135.